The molecule has 290 valence electrons. The highest BCUT2D eigenvalue weighted by Crippen LogP contribution is 2.41. The summed E-state index contributed by atoms with van der Waals surface area (Å²) >= 11 is 2.31. The number of hydrogen-bond donors (Lipinski definition) is 1. The first-order chi connectivity index (χ1) is 26.2. The van der Waals surface area contributed by atoms with Crippen molar-refractivity contribution in [2.75, 3.05) is 5.48 Å². The molecule has 5 nitrogen and oxygen atoms in total. The van der Waals surface area contributed by atoms with Crippen molar-refractivity contribution in [1.29, 1.82) is 0 Å². The third-order valence-electron chi connectivity index (χ3n) is 10.6. The summed E-state index contributed by atoms with van der Waals surface area (Å²) in [7, 11) is -5.12. The zero-order chi connectivity index (χ0) is 39.5. The SMILES string of the molecule is CC(C)(C)[Si](C)(C)O[C@@H](/C=C\I)Cc1c(NO[Si](c2ccccc2)(c2ccccc2)C(C)(C)C)cc(COCc2ccccc2)cc1OCc1ccccc1. The second-order valence-corrected chi connectivity index (χ2v) is 26.4. The van der Waals surface area contributed by atoms with Crippen LogP contribution in [0.25, 0.3) is 0 Å². The Morgan fingerprint density at radius 3 is 1.62 bits per heavy atom. The largest absolute Gasteiger partial charge is 0.489 e. The van der Waals surface area contributed by atoms with Crippen LogP contribution in [0.4, 0.5) is 5.69 Å². The van der Waals surface area contributed by atoms with Crippen LogP contribution < -0.4 is 20.6 Å². The van der Waals surface area contributed by atoms with Gasteiger partial charge < -0.3 is 18.4 Å². The standard InChI is InChI=1S/C47H58INO4Si2/c1-46(2,3)54(7,8)52-40(29-30-48)33-43-44(49-53-55(47(4,5)6,41-25-17-11-18-26-41)42-27-19-12-20-28-42)31-39(35-50-34-37-21-13-9-14-22-37)32-45(43)51-36-38-23-15-10-16-24-38/h9-32,40,49H,33-36H2,1-8H3/b30-29-/t40-/m0/s1. The predicted octanol–water partition coefficient (Wildman–Crippen LogP) is 11.8. The van der Waals surface area contributed by atoms with Gasteiger partial charge in [-0.15, -0.1) is 0 Å². The van der Waals surface area contributed by atoms with E-state index in [9.17, 15) is 0 Å². The van der Waals surface area contributed by atoms with E-state index < -0.39 is 16.6 Å². The number of rotatable bonds is 17. The van der Waals surface area contributed by atoms with Gasteiger partial charge in [0.05, 0.1) is 25.0 Å². The first kappa shape index (κ1) is 42.6. The zero-order valence-electron chi connectivity index (χ0n) is 33.8. The van der Waals surface area contributed by atoms with E-state index in [1.54, 1.807) is 0 Å². The normalized spacial score (nSPS) is 13.2. The quantitative estimate of drug-likeness (QED) is 0.0573. The van der Waals surface area contributed by atoms with Gasteiger partial charge in [-0.25, -0.2) is 0 Å². The highest BCUT2D eigenvalue weighted by Gasteiger charge is 2.51. The van der Waals surface area contributed by atoms with Crippen LogP contribution in [-0.4, -0.2) is 22.7 Å². The van der Waals surface area contributed by atoms with Crippen molar-refractivity contribution in [3.05, 3.63) is 166 Å². The monoisotopic (exact) mass is 883 g/mol. The van der Waals surface area contributed by atoms with Crippen LogP contribution in [0.2, 0.25) is 23.2 Å². The van der Waals surface area contributed by atoms with Crippen LogP contribution in [0.5, 0.6) is 5.75 Å². The van der Waals surface area contributed by atoms with Gasteiger partial charge in [0, 0.05) is 12.0 Å². The van der Waals surface area contributed by atoms with Gasteiger partial charge in [0.1, 0.15) is 12.4 Å². The summed E-state index contributed by atoms with van der Waals surface area (Å²) in [4.78, 5) is 0. The maximum absolute atomic E-state index is 7.38. The van der Waals surface area contributed by atoms with Crippen molar-refractivity contribution in [3.8, 4) is 5.75 Å². The molecule has 8 heteroatoms. The lowest BCUT2D eigenvalue weighted by atomic mass is 10.0. The lowest BCUT2D eigenvalue weighted by Crippen LogP contribution is -2.67. The fraction of sp³-hybridized carbons (Fsp3) is 0.319. The summed E-state index contributed by atoms with van der Waals surface area (Å²) in [6.45, 7) is 19.7. The molecule has 5 aromatic rings. The summed E-state index contributed by atoms with van der Waals surface area (Å²) in [6, 6.07) is 46.3. The second kappa shape index (κ2) is 19.1. The summed E-state index contributed by atoms with van der Waals surface area (Å²) in [5.41, 5.74) is 8.70. The summed E-state index contributed by atoms with van der Waals surface area (Å²) in [6.07, 6.45) is 2.59. The molecule has 55 heavy (non-hydrogen) atoms. The highest BCUT2D eigenvalue weighted by molar-refractivity contribution is 14.1. The van der Waals surface area contributed by atoms with E-state index in [1.165, 1.54) is 10.4 Å². The molecule has 0 aliphatic rings. The van der Waals surface area contributed by atoms with E-state index in [-0.39, 0.29) is 16.2 Å². The van der Waals surface area contributed by atoms with Gasteiger partial charge in [0.2, 0.25) is 0 Å². The summed E-state index contributed by atoms with van der Waals surface area (Å²) < 4.78 is 29.7. The maximum atomic E-state index is 7.38. The fourth-order valence-corrected chi connectivity index (χ4v) is 12.5. The van der Waals surface area contributed by atoms with E-state index in [1.807, 2.05) is 36.4 Å². The molecule has 0 aromatic heterocycles. The third kappa shape index (κ3) is 11.1. The van der Waals surface area contributed by atoms with Crippen LogP contribution in [0, 0.1) is 0 Å². The molecule has 0 fully saturated rings. The average Bonchev–Trinajstić information content (AvgIpc) is 3.16. The minimum absolute atomic E-state index is 0.0461. The molecule has 0 bridgehead atoms. The lowest BCUT2D eigenvalue weighted by Gasteiger charge is -2.42. The Kier molecular flexibility index (Phi) is 14.8. The highest BCUT2D eigenvalue weighted by atomic mass is 127. The van der Waals surface area contributed by atoms with Gasteiger partial charge >= 0.3 is 0 Å². The smallest absolute Gasteiger partial charge is 0.295 e. The van der Waals surface area contributed by atoms with Crippen molar-refractivity contribution >= 4 is 55.3 Å². The number of anilines is 1. The number of hydrogen-bond acceptors (Lipinski definition) is 5. The van der Waals surface area contributed by atoms with Crippen LogP contribution in [0.1, 0.15) is 63.8 Å². The van der Waals surface area contributed by atoms with Crippen molar-refractivity contribution < 1.29 is 18.4 Å². The molecule has 0 aliphatic carbocycles. The zero-order valence-corrected chi connectivity index (χ0v) is 37.9. The molecule has 1 atom stereocenters. The van der Waals surface area contributed by atoms with Crippen molar-refractivity contribution in [2.24, 2.45) is 0 Å². The molecular formula is C47H58INO4Si2. The van der Waals surface area contributed by atoms with Crippen molar-refractivity contribution in [1.82, 2.24) is 0 Å². The molecule has 0 saturated heterocycles. The Morgan fingerprint density at radius 2 is 1.13 bits per heavy atom. The van der Waals surface area contributed by atoms with Crippen LogP contribution in [0.3, 0.4) is 0 Å². The Hall–Kier alpha value is -3.52. The lowest BCUT2D eigenvalue weighted by molar-refractivity contribution is 0.107. The number of nitrogens with one attached hydrogen (secondary N) is 1. The van der Waals surface area contributed by atoms with Crippen molar-refractivity contribution in [3.63, 3.8) is 0 Å². The van der Waals surface area contributed by atoms with Gasteiger partial charge in [-0.05, 0) is 66.4 Å². The molecule has 5 rings (SSSR count). The average molecular weight is 884 g/mol. The van der Waals surface area contributed by atoms with Crippen LogP contribution >= 0.6 is 22.6 Å². The Labute approximate surface area is 345 Å². The minimum Gasteiger partial charge on any atom is -0.489 e. The van der Waals surface area contributed by atoms with Crippen LogP contribution in [-0.2, 0) is 39.9 Å². The molecule has 0 unspecified atom stereocenters. The molecule has 0 radical (unpaired) electrons. The van der Waals surface area contributed by atoms with E-state index in [0.29, 0.717) is 26.2 Å². The molecule has 0 heterocycles. The Balaban J connectivity index is 1.64. The molecular weight excluding hydrogens is 826 g/mol. The Bertz CT molecular complexity index is 1900. The molecule has 1 N–H and O–H groups in total. The van der Waals surface area contributed by atoms with Gasteiger partial charge in [-0.3, -0.25) is 5.48 Å². The molecule has 0 amide bonds. The molecule has 0 spiro atoms. The van der Waals surface area contributed by atoms with E-state index in [2.05, 4.69) is 190 Å². The minimum atomic E-state index is -2.97. The number of halogens is 1. The van der Waals surface area contributed by atoms with E-state index in [0.717, 1.165) is 33.7 Å². The van der Waals surface area contributed by atoms with Gasteiger partial charge in [-0.1, -0.05) is 192 Å². The summed E-state index contributed by atoms with van der Waals surface area (Å²) in [5, 5.41) is 2.20. The van der Waals surface area contributed by atoms with Gasteiger partial charge in [0.15, 0.2) is 8.32 Å². The number of ether oxygens (including phenoxy) is 2. The maximum Gasteiger partial charge on any atom is 0.295 e. The van der Waals surface area contributed by atoms with Gasteiger partial charge in [-0.2, -0.15) is 0 Å². The second-order valence-electron chi connectivity index (χ2n) is 16.7. The van der Waals surface area contributed by atoms with E-state index >= 15 is 0 Å². The van der Waals surface area contributed by atoms with Crippen LogP contribution in [0.15, 0.2) is 144 Å². The van der Waals surface area contributed by atoms with Crippen molar-refractivity contribution in [2.45, 2.75) is 97.1 Å². The first-order valence-electron chi connectivity index (χ1n) is 19.2. The van der Waals surface area contributed by atoms with E-state index in [4.69, 9.17) is 18.4 Å². The predicted molar refractivity (Wildman–Crippen MR) is 243 cm³/mol. The number of benzene rings is 5. The molecule has 5 aromatic carbocycles. The topological polar surface area (TPSA) is 49.0 Å². The molecule has 0 saturated carbocycles. The third-order valence-corrected chi connectivity index (χ3v) is 20.3. The Morgan fingerprint density at radius 1 is 0.636 bits per heavy atom. The van der Waals surface area contributed by atoms with Gasteiger partial charge in [0.25, 0.3) is 8.32 Å². The first-order valence-corrected chi connectivity index (χ1v) is 25.2. The summed E-state index contributed by atoms with van der Waals surface area (Å²) in [5.74, 6) is 0.781. The molecule has 0 aliphatic heterocycles. The fourth-order valence-electron chi connectivity index (χ4n) is 6.58.